The lowest BCUT2D eigenvalue weighted by Gasteiger charge is -2.23. The number of H-pyrrole nitrogens is 1. The van der Waals surface area contributed by atoms with Gasteiger partial charge >= 0.3 is 0 Å². The third-order valence-electron chi connectivity index (χ3n) is 6.09. The van der Waals surface area contributed by atoms with Crippen LogP contribution in [0.15, 0.2) is 36.4 Å². The van der Waals surface area contributed by atoms with Crippen LogP contribution in [0.2, 0.25) is 0 Å². The summed E-state index contributed by atoms with van der Waals surface area (Å²) in [6, 6.07) is 12.0. The molecule has 2 aromatic carbocycles. The molecule has 1 saturated heterocycles. The van der Waals surface area contributed by atoms with Gasteiger partial charge in [-0.3, -0.25) is 4.79 Å². The molecular weight excluding hydrogens is 418 g/mol. The average Bonchev–Trinajstić information content (AvgIpc) is 3.22. The highest BCUT2D eigenvalue weighted by Gasteiger charge is 2.19. The number of nitrogens with one attached hydrogen (secondary N) is 3. The van der Waals surface area contributed by atoms with Crippen LogP contribution in [0, 0.1) is 0 Å². The van der Waals surface area contributed by atoms with Gasteiger partial charge in [-0.15, -0.1) is 0 Å². The molecule has 1 fully saturated rings. The van der Waals surface area contributed by atoms with Crippen LogP contribution in [0.4, 0.5) is 0 Å². The van der Waals surface area contributed by atoms with E-state index in [2.05, 4.69) is 29.5 Å². The molecule has 0 spiro atoms. The van der Waals surface area contributed by atoms with Gasteiger partial charge in [0.25, 0.3) is 5.91 Å². The zero-order valence-corrected chi connectivity index (χ0v) is 19.8. The van der Waals surface area contributed by atoms with E-state index < -0.39 is 0 Å². The molecule has 33 heavy (non-hydrogen) atoms. The van der Waals surface area contributed by atoms with Crippen LogP contribution < -0.4 is 24.8 Å². The number of carbonyl (C=O) groups excluding carboxylic acids is 1. The summed E-state index contributed by atoms with van der Waals surface area (Å²) in [5.74, 6) is 2.25. The number of piperidine rings is 1. The maximum absolute atomic E-state index is 12.3. The fraction of sp³-hybridized carbons (Fsp3) is 0.423. The fourth-order valence-corrected chi connectivity index (χ4v) is 4.49. The van der Waals surface area contributed by atoms with Crippen molar-refractivity contribution in [3.8, 4) is 28.5 Å². The van der Waals surface area contributed by atoms with Crippen LogP contribution in [0.25, 0.3) is 22.2 Å². The summed E-state index contributed by atoms with van der Waals surface area (Å²) in [7, 11) is 3.27. The van der Waals surface area contributed by atoms with Crippen LogP contribution in [-0.2, 0) is 4.79 Å². The highest BCUT2D eigenvalue weighted by molar-refractivity contribution is 5.92. The van der Waals surface area contributed by atoms with Crippen LogP contribution in [0.3, 0.4) is 0 Å². The van der Waals surface area contributed by atoms with Crippen molar-refractivity contribution < 1.29 is 19.0 Å². The van der Waals surface area contributed by atoms with E-state index in [1.54, 1.807) is 14.2 Å². The molecule has 0 radical (unpaired) electrons. The van der Waals surface area contributed by atoms with Gasteiger partial charge in [-0.05, 0) is 67.3 Å². The van der Waals surface area contributed by atoms with E-state index in [-0.39, 0.29) is 24.5 Å². The summed E-state index contributed by atoms with van der Waals surface area (Å²) in [6.45, 7) is 6.19. The summed E-state index contributed by atoms with van der Waals surface area (Å²) < 4.78 is 16.7. The number of aromatic nitrogens is 1. The normalized spacial score (nSPS) is 16.1. The lowest BCUT2D eigenvalue weighted by molar-refractivity contribution is -0.123. The largest absolute Gasteiger partial charge is 0.493 e. The van der Waals surface area contributed by atoms with E-state index in [4.69, 9.17) is 14.2 Å². The molecule has 3 N–H and O–H groups in total. The van der Waals surface area contributed by atoms with Gasteiger partial charge in [0.1, 0.15) is 5.75 Å². The first-order valence-corrected chi connectivity index (χ1v) is 11.5. The van der Waals surface area contributed by atoms with E-state index in [9.17, 15) is 4.79 Å². The number of fused-ring (bicyclic) bond motifs is 1. The van der Waals surface area contributed by atoms with Gasteiger partial charge in [0, 0.05) is 29.1 Å². The minimum absolute atomic E-state index is 0.00593. The highest BCUT2D eigenvalue weighted by Crippen LogP contribution is 2.39. The van der Waals surface area contributed by atoms with Crippen molar-refractivity contribution >= 4 is 16.8 Å². The molecule has 0 bridgehead atoms. The Morgan fingerprint density at radius 2 is 1.94 bits per heavy atom. The second kappa shape index (κ2) is 10.2. The molecule has 0 aliphatic carbocycles. The Kier molecular flexibility index (Phi) is 7.08. The molecule has 7 heteroatoms. The topological polar surface area (TPSA) is 84.6 Å². The third-order valence-corrected chi connectivity index (χ3v) is 6.09. The van der Waals surface area contributed by atoms with Crippen molar-refractivity contribution in [3.05, 3.63) is 42.0 Å². The first kappa shape index (κ1) is 23.0. The number of rotatable bonds is 8. The zero-order valence-electron chi connectivity index (χ0n) is 19.8. The molecule has 1 unspecified atom stereocenters. The number of amides is 1. The van der Waals surface area contributed by atoms with Gasteiger partial charge in [0.05, 0.1) is 19.9 Å². The Balaban J connectivity index is 1.57. The van der Waals surface area contributed by atoms with E-state index >= 15 is 0 Å². The van der Waals surface area contributed by atoms with E-state index in [0.717, 1.165) is 48.1 Å². The molecule has 4 rings (SSSR count). The van der Waals surface area contributed by atoms with Crippen molar-refractivity contribution in [1.29, 1.82) is 0 Å². The average molecular weight is 452 g/mol. The Morgan fingerprint density at radius 3 is 2.64 bits per heavy atom. The molecule has 1 atom stereocenters. The van der Waals surface area contributed by atoms with Crippen molar-refractivity contribution in [2.24, 2.45) is 0 Å². The van der Waals surface area contributed by atoms with Crippen molar-refractivity contribution in [2.45, 2.75) is 38.6 Å². The molecule has 7 nitrogen and oxygen atoms in total. The number of carbonyl (C=O) groups is 1. The number of benzene rings is 2. The number of ether oxygens (including phenoxy) is 3. The third kappa shape index (κ3) is 5.09. The summed E-state index contributed by atoms with van der Waals surface area (Å²) in [5.41, 5.74) is 4.28. The molecular formula is C26H33N3O4. The quantitative estimate of drug-likeness (QED) is 0.478. The minimum Gasteiger partial charge on any atom is -0.493 e. The minimum atomic E-state index is -0.0898. The van der Waals surface area contributed by atoms with E-state index in [0.29, 0.717) is 17.2 Å². The monoisotopic (exact) mass is 451 g/mol. The van der Waals surface area contributed by atoms with Gasteiger partial charge in [0.15, 0.2) is 18.1 Å². The van der Waals surface area contributed by atoms with Gasteiger partial charge in [0.2, 0.25) is 0 Å². The molecule has 2 heterocycles. The zero-order chi connectivity index (χ0) is 23.4. The molecule has 3 aromatic rings. The maximum Gasteiger partial charge on any atom is 0.258 e. The summed E-state index contributed by atoms with van der Waals surface area (Å²) in [6.07, 6.45) is 2.08. The number of hydrogen-bond donors (Lipinski definition) is 3. The smallest absolute Gasteiger partial charge is 0.258 e. The number of aromatic amines is 1. The van der Waals surface area contributed by atoms with Crippen LogP contribution in [0.5, 0.6) is 17.2 Å². The molecule has 0 saturated carbocycles. The van der Waals surface area contributed by atoms with Crippen molar-refractivity contribution in [3.63, 3.8) is 0 Å². The van der Waals surface area contributed by atoms with Crippen LogP contribution >= 0.6 is 0 Å². The maximum atomic E-state index is 12.3. The van der Waals surface area contributed by atoms with E-state index in [1.807, 2.05) is 36.4 Å². The standard InChI is InChI=1S/C26H33N3O4/c1-16(2)25-20-13-19(33-15-24(30)28-18-6-5-11-27-14-18)8-9-21(20)29-26(25)17-7-10-22(31-3)23(12-17)32-4/h7-10,12-13,16,18,27,29H,5-6,11,14-15H2,1-4H3,(H,28,30). The van der Waals surface area contributed by atoms with Crippen LogP contribution in [-0.4, -0.2) is 50.8 Å². The van der Waals surface area contributed by atoms with Gasteiger partial charge in [-0.25, -0.2) is 0 Å². The molecule has 1 aliphatic heterocycles. The Labute approximate surface area is 194 Å². The van der Waals surface area contributed by atoms with Crippen molar-refractivity contribution in [2.75, 3.05) is 33.9 Å². The first-order valence-electron chi connectivity index (χ1n) is 11.5. The fourth-order valence-electron chi connectivity index (χ4n) is 4.49. The Bertz CT molecular complexity index is 1120. The Morgan fingerprint density at radius 1 is 1.12 bits per heavy atom. The Hall–Kier alpha value is -3.19. The van der Waals surface area contributed by atoms with Gasteiger partial charge < -0.3 is 29.8 Å². The predicted octanol–water partition coefficient (Wildman–Crippen LogP) is 4.22. The SMILES string of the molecule is COc1ccc(-c2[nH]c3ccc(OCC(=O)NC4CCCNC4)cc3c2C(C)C)cc1OC. The summed E-state index contributed by atoms with van der Waals surface area (Å²) >= 11 is 0. The molecule has 1 aliphatic rings. The summed E-state index contributed by atoms with van der Waals surface area (Å²) in [4.78, 5) is 15.9. The summed E-state index contributed by atoms with van der Waals surface area (Å²) in [5, 5.41) is 7.44. The molecule has 1 amide bonds. The van der Waals surface area contributed by atoms with Crippen molar-refractivity contribution in [1.82, 2.24) is 15.6 Å². The second-order valence-corrected chi connectivity index (χ2v) is 8.74. The number of hydrogen-bond acceptors (Lipinski definition) is 5. The number of methoxy groups -OCH3 is 2. The lowest BCUT2D eigenvalue weighted by atomic mass is 9.96. The molecule has 176 valence electrons. The first-order chi connectivity index (χ1) is 16.0. The second-order valence-electron chi connectivity index (χ2n) is 8.74. The lowest BCUT2D eigenvalue weighted by Crippen LogP contribution is -2.46. The van der Waals surface area contributed by atoms with Crippen LogP contribution in [0.1, 0.15) is 38.2 Å². The van der Waals surface area contributed by atoms with Gasteiger partial charge in [-0.1, -0.05) is 13.8 Å². The highest BCUT2D eigenvalue weighted by atomic mass is 16.5. The van der Waals surface area contributed by atoms with E-state index in [1.165, 1.54) is 5.56 Å². The molecule has 1 aromatic heterocycles. The van der Waals surface area contributed by atoms with Gasteiger partial charge in [-0.2, -0.15) is 0 Å². The predicted molar refractivity (Wildman–Crippen MR) is 130 cm³/mol.